The zero-order chi connectivity index (χ0) is 9.40. The van der Waals surface area contributed by atoms with E-state index in [0.29, 0.717) is 13.2 Å². The highest BCUT2D eigenvalue weighted by Gasteiger charge is 2.11. The molecule has 0 aromatic carbocycles. The molecular weight excluding hydrogens is 158 g/mol. The molecule has 0 amide bonds. The Balaban J connectivity index is 3.32. The van der Waals surface area contributed by atoms with Gasteiger partial charge in [-0.3, -0.25) is 0 Å². The van der Waals surface area contributed by atoms with E-state index in [1.165, 1.54) is 0 Å². The molecule has 0 aromatic rings. The lowest BCUT2D eigenvalue weighted by Gasteiger charge is -2.18. The summed E-state index contributed by atoms with van der Waals surface area (Å²) in [5, 5.41) is 8.82. The fourth-order valence-corrected chi connectivity index (χ4v) is 0.809. The summed E-state index contributed by atoms with van der Waals surface area (Å²) in [5.41, 5.74) is 5.55. The summed E-state index contributed by atoms with van der Waals surface area (Å²) < 4.78 is 10.1. The predicted octanol–water partition coefficient (Wildman–Crippen LogP) is -0.252. The molecule has 4 nitrogen and oxygen atoms in total. The molecule has 2 atom stereocenters. The van der Waals surface area contributed by atoms with Crippen LogP contribution in [0.1, 0.15) is 13.3 Å². The standard InChI is InChI=1S/C8H19NO3/c1-7(9)8(6-10)12-5-3-4-11-2/h7-8,10H,3-6,9H2,1-2H3. The van der Waals surface area contributed by atoms with Crippen LogP contribution in [0.2, 0.25) is 0 Å². The van der Waals surface area contributed by atoms with Crippen molar-refractivity contribution in [2.45, 2.75) is 25.5 Å². The van der Waals surface area contributed by atoms with E-state index in [4.69, 9.17) is 20.3 Å². The molecule has 0 bridgehead atoms. The minimum atomic E-state index is -0.248. The number of hydrogen-bond acceptors (Lipinski definition) is 4. The van der Waals surface area contributed by atoms with Crippen LogP contribution in [0.5, 0.6) is 0 Å². The fraction of sp³-hybridized carbons (Fsp3) is 1.00. The van der Waals surface area contributed by atoms with E-state index < -0.39 is 0 Å². The van der Waals surface area contributed by atoms with Crippen molar-refractivity contribution in [2.75, 3.05) is 26.9 Å². The summed E-state index contributed by atoms with van der Waals surface area (Å²) in [6.07, 6.45) is 0.585. The summed E-state index contributed by atoms with van der Waals surface area (Å²) in [6, 6.07) is -0.127. The van der Waals surface area contributed by atoms with Crippen molar-refractivity contribution in [2.24, 2.45) is 5.73 Å². The van der Waals surface area contributed by atoms with Gasteiger partial charge in [0.05, 0.1) is 12.7 Å². The van der Waals surface area contributed by atoms with E-state index >= 15 is 0 Å². The molecule has 0 aliphatic rings. The molecule has 0 radical (unpaired) electrons. The van der Waals surface area contributed by atoms with Crippen LogP contribution < -0.4 is 5.73 Å². The maximum Gasteiger partial charge on any atom is 0.0953 e. The normalized spacial score (nSPS) is 16.0. The van der Waals surface area contributed by atoms with Crippen molar-refractivity contribution < 1.29 is 14.6 Å². The first-order chi connectivity index (χ1) is 5.72. The van der Waals surface area contributed by atoms with Crippen LogP contribution in [-0.4, -0.2) is 44.2 Å². The van der Waals surface area contributed by atoms with E-state index in [1.54, 1.807) is 7.11 Å². The number of rotatable bonds is 7. The van der Waals surface area contributed by atoms with Crippen molar-refractivity contribution in [3.8, 4) is 0 Å². The minimum Gasteiger partial charge on any atom is -0.394 e. The summed E-state index contributed by atoms with van der Waals surface area (Å²) in [5.74, 6) is 0. The zero-order valence-corrected chi connectivity index (χ0v) is 7.82. The van der Waals surface area contributed by atoms with E-state index in [0.717, 1.165) is 6.42 Å². The minimum absolute atomic E-state index is 0.0232. The van der Waals surface area contributed by atoms with Crippen LogP contribution in [0.4, 0.5) is 0 Å². The van der Waals surface area contributed by atoms with E-state index in [9.17, 15) is 0 Å². The SMILES string of the molecule is COCCCOC(CO)C(C)N. The van der Waals surface area contributed by atoms with Crippen molar-refractivity contribution >= 4 is 0 Å². The average Bonchev–Trinajstić information content (AvgIpc) is 2.04. The van der Waals surface area contributed by atoms with Crippen LogP contribution in [0.25, 0.3) is 0 Å². The van der Waals surface area contributed by atoms with Gasteiger partial charge in [-0.1, -0.05) is 0 Å². The van der Waals surface area contributed by atoms with Crippen LogP contribution in [-0.2, 0) is 9.47 Å². The molecule has 2 unspecified atom stereocenters. The molecule has 0 aliphatic heterocycles. The fourth-order valence-electron chi connectivity index (χ4n) is 0.809. The van der Waals surface area contributed by atoms with E-state index in [2.05, 4.69) is 0 Å². The van der Waals surface area contributed by atoms with E-state index in [-0.39, 0.29) is 18.8 Å². The highest BCUT2D eigenvalue weighted by Crippen LogP contribution is 1.96. The Morgan fingerprint density at radius 2 is 2.08 bits per heavy atom. The topological polar surface area (TPSA) is 64.7 Å². The number of nitrogens with two attached hydrogens (primary N) is 1. The van der Waals surface area contributed by atoms with Gasteiger partial charge >= 0.3 is 0 Å². The predicted molar refractivity (Wildman–Crippen MR) is 47.0 cm³/mol. The summed E-state index contributed by atoms with van der Waals surface area (Å²) in [6.45, 7) is 3.06. The van der Waals surface area contributed by atoms with Crippen LogP contribution in [0.15, 0.2) is 0 Å². The quantitative estimate of drug-likeness (QED) is 0.526. The number of aliphatic hydroxyl groups is 1. The van der Waals surface area contributed by atoms with Gasteiger partial charge in [0.15, 0.2) is 0 Å². The van der Waals surface area contributed by atoms with Crippen molar-refractivity contribution in [1.82, 2.24) is 0 Å². The van der Waals surface area contributed by atoms with Gasteiger partial charge in [-0.15, -0.1) is 0 Å². The Kier molecular flexibility index (Phi) is 7.39. The van der Waals surface area contributed by atoms with Gasteiger partial charge in [-0.05, 0) is 13.3 Å². The molecular formula is C8H19NO3. The van der Waals surface area contributed by atoms with Gasteiger partial charge in [0.2, 0.25) is 0 Å². The van der Waals surface area contributed by atoms with E-state index in [1.807, 2.05) is 6.92 Å². The number of hydrogen-bond donors (Lipinski definition) is 2. The van der Waals surface area contributed by atoms with Gasteiger partial charge in [0.25, 0.3) is 0 Å². The zero-order valence-electron chi connectivity index (χ0n) is 7.82. The molecule has 0 saturated heterocycles. The summed E-state index contributed by atoms with van der Waals surface area (Å²) >= 11 is 0. The Morgan fingerprint density at radius 1 is 1.42 bits per heavy atom. The lowest BCUT2D eigenvalue weighted by molar-refractivity contribution is -0.00607. The maximum absolute atomic E-state index is 8.82. The first kappa shape index (κ1) is 11.8. The first-order valence-electron chi connectivity index (χ1n) is 4.19. The van der Waals surface area contributed by atoms with Crippen molar-refractivity contribution in [3.05, 3.63) is 0 Å². The maximum atomic E-state index is 8.82. The molecule has 0 aliphatic carbocycles. The third-order valence-corrected chi connectivity index (χ3v) is 1.59. The molecule has 3 N–H and O–H groups in total. The van der Waals surface area contributed by atoms with Crippen molar-refractivity contribution in [1.29, 1.82) is 0 Å². The number of aliphatic hydroxyl groups excluding tert-OH is 1. The molecule has 12 heavy (non-hydrogen) atoms. The van der Waals surface area contributed by atoms with Crippen molar-refractivity contribution in [3.63, 3.8) is 0 Å². The second-order valence-electron chi connectivity index (χ2n) is 2.80. The number of ether oxygens (including phenoxy) is 2. The Morgan fingerprint density at radius 3 is 2.50 bits per heavy atom. The van der Waals surface area contributed by atoms with Gasteiger partial charge in [0.1, 0.15) is 0 Å². The lowest BCUT2D eigenvalue weighted by atomic mass is 10.2. The summed E-state index contributed by atoms with van der Waals surface area (Å²) in [7, 11) is 1.65. The molecule has 0 fully saturated rings. The van der Waals surface area contributed by atoms with Crippen LogP contribution in [0.3, 0.4) is 0 Å². The third-order valence-electron chi connectivity index (χ3n) is 1.59. The van der Waals surface area contributed by atoms with Crippen LogP contribution in [0, 0.1) is 0 Å². The molecule has 0 saturated carbocycles. The van der Waals surface area contributed by atoms with Gasteiger partial charge in [-0.25, -0.2) is 0 Å². The van der Waals surface area contributed by atoms with Gasteiger partial charge in [-0.2, -0.15) is 0 Å². The smallest absolute Gasteiger partial charge is 0.0953 e. The second-order valence-corrected chi connectivity index (χ2v) is 2.80. The molecule has 0 spiro atoms. The van der Waals surface area contributed by atoms with Gasteiger partial charge < -0.3 is 20.3 Å². The molecule has 4 heteroatoms. The first-order valence-corrected chi connectivity index (χ1v) is 4.19. The third kappa shape index (κ3) is 5.49. The Labute approximate surface area is 73.7 Å². The molecule has 74 valence electrons. The lowest BCUT2D eigenvalue weighted by Crippen LogP contribution is -2.37. The Hall–Kier alpha value is -0.160. The largest absolute Gasteiger partial charge is 0.394 e. The average molecular weight is 177 g/mol. The molecule has 0 aromatic heterocycles. The van der Waals surface area contributed by atoms with Crippen LogP contribution >= 0.6 is 0 Å². The second kappa shape index (κ2) is 7.49. The highest BCUT2D eigenvalue weighted by atomic mass is 16.5. The molecule has 0 heterocycles. The van der Waals surface area contributed by atoms with Gasteiger partial charge in [0, 0.05) is 26.4 Å². The molecule has 0 rings (SSSR count). The summed E-state index contributed by atoms with van der Waals surface area (Å²) in [4.78, 5) is 0. The monoisotopic (exact) mass is 177 g/mol. The number of methoxy groups -OCH3 is 1. The highest BCUT2D eigenvalue weighted by molar-refractivity contribution is 4.66. The Bertz CT molecular complexity index is 98.3.